The van der Waals surface area contributed by atoms with E-state index in [1.807, 2.05) is 17.0 Å². The second-order valence-corrected chi connectivity index (χ2v) is 5.41. The first-order valence-corrected chi connectivity index (χ1v) is 6.98. The number of amides is 1. The molecule has 1 aliphatic carbocycles. The lowest BCUT2D eigenvalue weighted by atomic mass is 10.2. The molecule has 1 saturated carbocycles. The number of nitrogens with zero attached hydrogens (tertiary/aromatic N) is 2. The van der Waals surface area contributed by atoms with Crippen LogP contribution in [0.25, 0.3) is 0 Å². The van der Waals surface area contributed by atoms with Gasteiger partial charge in [-0.3, -0.25) is 9.78 Å². The Labute approximate surface area is 119 Å². The minimum absolute atomic E-state index is 0.0583. The van der Waals surface area contributed by atoms with E-state index in [-0.39, 0.29) is 5.91 Å². The second-order valence-electron chi connectivity index (χ2n) is 4.63. The van der Waals surface area contributed by atoms with Gasteiger partial charge in [0.2, 0.25) is 0 Å². The zero-order valence-electron chi connectivity index (χ0n) is 10.3. The lowest BCUT2D eigenvalue weighted by molar-refractivity contribution is 0.0696. The molecule has 98 valence electrons. The van der Waals surface area contributed by atoms with E-state index in [2.05, 4.69) is 20.9 Å². The highest BCUT2D eigenvalue weighted by molar-refractivity contribution is 9.10. The predicted octanol–water partition coefficient (Wildman–Crippen LogP) is 3.24. The van der Waals surface area contributed by atoms with Gasteiger partial charge in [-0.1, -0.05) is 6.07 Å². The monoisotopic (exact) mass is 320 g/mol. The molecule has 2 aromatic heterocycles. The largest absolute Gasteiger partial charge is 0.444 e. The van der Waals surface area contributed by atoms with Crippen LogP contribution >= 0.6 is 15.9 Å². The zero-order chi connectivity index (χ0) is 13.2. The molecule has 0 unspecified atom stereocenters. The number of furan rings is 1. The smallest absolute Gasteiger partial charge is 0.290 e. The fourth-order valence-corrected chi connectivity index (χ4v) is 2.32. The fourth-order valence-electron chi connectivity index (χ4n) is 2.01. The van der Waals surface area contributed by atoms with Crippen LogP contribution in [0.4, 0.5) is 0 Å². The normalized spacial score (nSPS) is 14.4. The van der Waals surface area contributed by atoms with Gasteiger partial charge in [0.25, 0.3) is 5.91 Å². The summed E-state index contributed by atoms with van der Waals surface area (Å²) >= 11 is 3.22. The number of pyridine rings is 1. The molecule has 1 aliphatic rings. The number of hydrogen-bond acceptors (Lipinski definition) is 3. The van der Waals surface area contributed by atoms with Gasteiger partial charge in [-0.15, -0.1) is 0 Å². The van der Waals surface area contributed by atoms with E-state index in [1.54, 1.807) is 24.5 Å². The molecule has 0 N–H and O–H groups in total. The molecule has 0 bridgehead atoms. The molecule has 5 heteroatoms. The van der Waals surface area contributed by atoms with Crippen LogP contribution in [0.15, 0.2) is 45.7 Å². The third-order valence-electron chi connectivity index (χ3n) is 3.11. The molecule has 19 heavy (non-hydrogen) atoms. The highest BCUT2D eigenvalue weighted by Gasteiger charge is 2.34. The molecule has 0 radical (unpaired) electrons. The molecule has 1 fully saturated rings. The lowest BCUT2D eigenvalue weighted by Gasteiger charge is -2.21. The first-order chi connectivity index (χ1) is 9.24. The Balaban J connectivity index is 1.79. The number of carbonyl (C=O) groups is 1. The molecule has 0 aliphatic heterocycles. The Morgan fingerprint density at radius 3 is 2.84 bits per heavy atom. The highest BCUT2D eigenvalue weighted by Crippen LogP contribution is 2.30. The van der Waals surface area contributed by atoms with E-state index in [0.29, 0.717) is 23.0 Å². The van der Waals surface area contributed by atoms with Gasteiger partial charge in [0.15, 0.2) is 10.4 Å². The molecule has 1 amide bonds. The summed E-state index contributed by atoms with van der Waals surface area (Å²) in [6.07, 6.45) is 5.65. The topological polar surface area (TPSA) is 46.3 Å². The van der Waals surface area contributed by atoms with E-state index < -0.39 is 0 Å². The SMILES string of the molecule is O=C(c1ccc(Br)o1)N(Cc1cccnc1)C1CC1. The van der Waals surface area contributed by atoms with Crippen LogP contribution in [0, 0.1) is 0 Å². The first kappa shape index (κ1) is 12.4. The van der Waals surface area contributed by atoms with E-state index in [1.165, 1.54) is 0 Å². The number of halogens is 1. The summed E-state index contributed by atoms with van der Waals surface area (Å²) in [5.41, 5.74) is 1.04. The Hall–Kier alpha value is -1.62. The van der Waals surface area contributed by atoms with E-state index in [4.69, 9.17) is 4.42 Å². The van der Waals surface area contributed by atoms with Gasteiger partial charge in [-0.05, 0) is 52.5 Å². The summed E-state index contributed by atoms with van der Waals surface area (Å²) in [7, 11) is 0. The maximum atomic E-state index is 12.4. The van der Waals surface area contributed by atoms with Crippen molar-refractivity contribution in [1.82, 2.24) is 9.88 Å². The number of aromatic nitrogens is 1. The van der Waals surface area contributed by atoms with Gasteiger partial charge in [-0.25, -0.2) is 0 Å². The Morgan fingerprint density at radius 1 is 1.42 bits per heavy atom. The summed E-state index contributed by atoms with van der Waals surface area (Å²) in [5.74, 6) is 0.319. The van der Waals surface area contributed by atoms with Gasteiger partial charge in [0.1, 0.15) is 0 Å². The fraction of sp³-hybridized carbons (Fsp3) is 0.286. The van der Waals surface area contributed by atoms with Crippen molar-refractivity contribution in [3.63, 3.8) is 0 Å². The maximum Gasteiger partial charge on any atom is 0.290 e. The maximum absolute atomic E-state index is 12.4. The van der Waals surface area contributed by atoms with Crippen molar-refractivity contribution in [2.24, 2.45) is 0 Å². The van der Waals surface area contributed by atoms with Crippen molar-refractivity contribution in [1.29, 1.82) is 0 Å². The Kier molecular flexibility index (Phi) is 3.38. The van der Waals surface area contributed by atoms with Crippen molar-refractivity contribution >= 4 is 21.8 Å². The second kappa shape index (κ2) is 5.17. The minimum atomic E-state index is -0.0583. The molecule has 3 rings (SSSR count). The van der Waals surface area contributed by atoms with Crippen molar-refractivity contribution < 1.29 is 9.21 Å². The molecular weight excluding hydrogens is 308 g/mol. The molecule has 0 saturated heterocycles. The summed E-state index contributed by atoms with van der Waals surface area (Å²) in [5, 5.41) is 0. The quantitative estimate of drug-likeness (QED) is 0.868. The molecule has 0 atom stereocenters. The molecule has 0 spiro atoms. The lowest BCUT2D eigenvalue weighted by Crippen LogP contribution is -2.32. The molecule has 0 aromatic carbocycles. The Morgan fingerprint density at radius 2 is 2.26 bits per heavy atom. The van der Waals surface area contributed by atoms with Crippen LogP contribution in [0.5, 0.6) is 0 Å². The number of carbonyl (C=O) groups excluding carboxylic acids is 1. The van der Waals surface area contributed by atoms with Crippen LogP contribution in [-0.2, 0) is 6.54 Å². The molecule has 2 aromatic rings. The Bertz CT molecular complexity index is 578. The number of rotatable bonds is 4. The van der Waals surface area contributed by atoms with Crippen LogP contribution < -0.4 is 0 Å². The van der Waals surface area contributed by atoms with Crippen molar-refractivity contribution in [2.75, 3.05) is 0 Å². The van der Waals surface area contributed by atoms with Crippen LogP contribution in [0.3, 0.4) is 0 Å². The van der Waals surface area contributed by atoms with Gasteiger partial charge < -0.3 is 9.32 Å². The molecule has 4 nitrogen and oxygen atoms in total. The van der Waals surface area contributed by atoms with Crippen LogP contribution in [0.1, 0.15) is 29.0 Å². The summed E-state index contributed by atoms with van der Waals surface area (Å²) in [6, 6.07) is 7.63. The van der Waals surface area contributed by atoms with Gasteiger partial charge in [-0.2, -0.15) is 0 Å². The average Bonchev–Trinajstić information content (AvgIpc) is 3.18. The van der Waals surface area contributed by atoms with Crippen molar-refractivity contribution in [3.8, 4) is 0 Å². The predicted molar refractivity (Wildman–Crippen MR) is 73.5 cm³/mol. The minimum Gasteiger partial charge on any atom is -0.444 e. The van der Waals surface area contributed by atoms with Gasteiger partial charge in [0.05, 0.1) is 0 Å². The van der Waals surface area contributed by atoms with Gasteiger partial charge >= 0.3 is 0 Å². The number of hydrogen-bond donors (Lipinski definition) is 0. The van der Waals surface area contributed by atoms with Crippen molar-refractivity contribution in [3.05, 3.63) is 52.7 Å². The van der Waals surface area contributed by atoms with Crippen LogP contribution in [0.2, 0.25) is 0 Å². The third-order valence-corrected chi connectivity index (χ3v) is 3.53. The van der Waals surface area contributed by atoms with Crippen LogP contribution in [-0.4, -0.2) is 21.8 Å². The molecule has 2 heterocycles. The van der Waals surface area contributed by atoms with E-state index >= 15 is 0 Å². The zero-order valence-corrected chi connectivity index (χ0v) is 11.8. The van der Waals surface area contributed by atoms with Crippen molar-refractivity contribution in [2.45, 2.75) is 25.4 Å². The van der Waals surface area contributed by atoms with E-state index in [0.717, 1.165) is 18.4 Å². The third kappa shape index (κ3) is 2.87. The summed E-state index contributed by atoms with van der Waals surface area (Å²) < 4.78 is 5.93. The average molecular weight is 321 g/mol. The summed E-state index contributed by atoms with van der Waals surface area (Å²) in [6.45, 7) is 0.579. The standard InChI is InChI=1S/C14H13BrN2O2/c15-13-6-5-12(19-13)14(18)17(11-3-4-11)9-10-2-1-7-16-8-10/h1-2,5-8,11H,3-4,9H2. The highest BCUT2D eigenvalue weighted by atomic mass is 79.9. The summed E-state index contributed by atoms with van der Waals surface area (Å²) in [4.78, 5) is 18.4. The first-order valence-electron chi connectivity index (χ1n) is 6.19. The molecular formula is C14H13BrN2O2. The van der Waals surface area contributed by atoms with E-state index in [9.17, 15) is 4.79 Å². The van der Waals surface area contributed by atoms with Gasteiger partial charge in [0, 0.05) is 25.0 Å².